The highest BCUT2D eigenvalue weighted by Crippen LogP contribution is 2.06. The van der Waals surface area contributed by atoms with E-state index in [0.717, 1.165) is 31.2 Å². The van der Waals surface area contributed by atoms with Crippen LogP contribution in [0.3, 0.4) is 0 Å². The van der Waals surface area contributed by atoms with Gasteiger partial charge in [-0.2, -0.15) is 0 Å². The van der Waals surface area contributed by atoms with Crippen molar-refractivity contribution in [2.75, 3.05) is 20.6 Å². The summed E-state index contributed by atoms with van der Waals surface area (Å²) < 4.78 is 0. The third-order valence-electron chi connectivity index (χ3n) is 3.50. The van der Waals surface area contributed by atoms with Gasteiger partial charge in [-0.05, 0) is 24.6 Å². The van der Waals surface area contributed by atoms with Gasteiger partial charge in [0.15, 0.2) is 5.96 Å². The summed E-state index contributed by atoms with van der Waals surface area (Å²) in [6, 6.07) is 14.6. The lowest BCUT2D eigenvalue weighted by atomic mass is 10.1. The molecule has 0 aliphatic heterocycles. The number of aromatic nitrogens is 1. The van der Waals surface area contributed by atoms with Crippen molar-refractivity contribution in [3.05, 3.63) is 65.5 Å². The summed E-state index contributed by atoms with van der Waals surface area (Å²) in [5, 5.41) is 3.39. The molecule has 1 aromatic carbocycles. The summed E-state index contributed by atoms with van der Waals surface area (Å²) in [6.07, 6.45) is 2.71. The number of hydrogen-bond acceptors (Lipinski definition) is 2. The van der Waals surface area contributed by atoms with E-state index >= 15 is 0 Å². The van der Waals surface area contributed by atoms with Crippen molar-refractivity contribution in [1.82, 2.24) is 15.2 Å². The number of nitrogens with zero attached hydrogens (tertiary/aromatic N) is 3. The summed E-state index contributed by atoms with van der Waals surface area (Å²) in [5.74, 6) is 0.900. The monoisotopic (exact) mass is 424 g/mol. The van der Waals surface area contributed by atoms with Gasteiger partial charge < -0.3 is 10.2 Å². The van der Waals surface area contributed by atoms with E-state index in [1.165, 1.54) is 11.1 Å². The van der Waals surface area contributed by atoms with Crippen LogP contribution in [0.15, 0.2) is 53.7 Å². The Bertz CT molecular complexity index is 596. The molecule has 2 aromatic rings. The first-order chi connectivity index (χ1) is 10.7. The fourth-order valence-electron chi connectivity index (χ4n) is 2.28. The fourth-order valence-corrected chi connectivity index (χ4v) is 2.28. The molecule has 23 heavy (non-hydrogen) atoms. The molecule has 5 heteroatoms. The molecule has 2 rings (SSSR count). The third-order valence-corrected chi connectivity index (χ3v) is 3.50. The van der Waals surface area contributed by atoms with E-state index in [1.54, 1.807) is 0 Å². The van der Waals surface area contributed by atoms with Gasteiger partial charge in [-0.1, -0.05) is 35.9 Å². The standard InChI is InChI=1S/C18H24N4.HI/c1-15-7-9-16(10-8-15)14-22(3)18(19-2)21-13-11-17-6-4-5-12-20-17;/h4-10,12H,11,13-14H2,1-3H3,(H,19,21);1H. The van der Waals surface area contributed by atoms with E-state index in [0.29, 0.717) is 0 Å². The second-order valence-corrected chi connectivity index (χ2v) is 5.39. The highest BCUT2D eigenvalue weighted by Gasteiger charge is 2.06. The summed E-state index contributed by atoms with van der Waals surface area (Å²) in [5.41, 5.74) is 3.65. The van der Waals surface area contributed by atoms with Crippen LogP contribution in [0.25, 0.3) is 0 Å². The van der Waals surface area contributed by atoms with Crippen LogP contribution in [-0.2, 0) is 13.0 Å². The van der Waals surface area contributed by atoms with Crippen LogP contribution < -0.4 is 5.32 Å². The van der Waals surface area contributed by atoms with Crippen LogP contribution in [0.5, 0.6) is 0 Å². The van der Waals surface area contributed by atoms with Crippen LogP contribution in [-0.4, -0.2) is 36.5 Å². The first kappa shape index (κ1) is 19.4. The maximum atomic E-state index is 4.34. The summed E-state index contributed by atoms with van der Waals surface area (Å²) in [7, 11) is 3.87. The molecule has 0 saturated carbocycles. The van der Waals surface area contributed by atoms with Gasteiger partial charge in [0.25, 0.3) is 0 Å². The molecule has 1 heterocycles. The van der Waals surface area contributed by atoms with Gasteiger partial charge in [0.1, 0.15) is 0 Å². The fraction of sp³-hybridized carbons (Fsp3) is 0.333. The second kappa shape index (κ2) is 10.2. The molecule has 0 radical (unpaired) electrons. The molecule has 0 unspecified atom stereocenters. The van der Waals surface area contributed by atoms with Gasteiger partial charge in [-0.25, -0.2) is 0 Å². The molecule has 1 N–H and O–H groups in total. The minimum atomic E-state index is 0. The van der Waals surface area contributed by atoms with E-state index in [2.05, 4.69) is 58.4 Å². The highest BCUT2D eigenvalue weighted by molar-refractivity contribution is 14.0. The Balaban J connectivity index is 0.00000264. The first-order valence-electron chi connectivity index (χ1n) is 7.56. The maximum Gasteiger partial charge on any atom is 0.193 e. The molecule has 0 saturated heterocycles. The largest absolute Gasteiger partial charge is 0.356 e. The Kier molecular flexibility index (Phi) is 8.61. The number of aliphatic imine (C=N–C) groups is 1. The van der Waals surface area contributed by atoms with Crippen molar-refractivity contribution in [1.29, 1.82) is 0 Å². The first-order valence-corrected chi connectivity index (χ1v) is 7.56. The summed E-state index contributed by atoms with van der Waals surface area (Å²) in [6.45, 7) is 3.76. The number of hydrogen-bond donors (Lipinski definition) is 1. The predicted molar refractivity (Wildman–Crippen MR) is 107 cm³/mol. The van der Waals surface area contributed by atoms with Gasteiger partial charge in [-0.15, -0.1) is 24.0 Å². The smallest absolute Gasteiger partial charge is 0.193 e. The molecule has 0 amide bonds. The number of halogens is 1. The van der Waals surface area contributed by atoms with Gasteiger partial charge in [0.2, 0.25) is 0 Å². The quantitative estimate of drug-likeness (QED) is 0.455. The molecule has 4 nitrogen and oxygen atoms in total. The Morgan fingerprint density at radius 2 is 1.91 bits per heavy atom. The Morgan fingerprint density at radius 3 is 2.52 bits per heavy atom. The lowest BCUT2D eigenvalue weighted by molar-refractivity contribution is 0.477. The minimum absolute atomic E-state index is 0. The van der Waals surface area contributed by atoms with Gasteiger partial charge in [0, 0.05) is 45.5 Å². The number of aryl methyl sites for hydroxylation is 1. The van der Waals surface area contributed by atoms with Gasteiger partial charge in [-0.3, -0.25) is 9.98 Å². The van der Waals surface area contributed by atoms with Crippen LogP contribution in [0.2, 0.25) is 0 Å². The van der Waals surface area contributed by atoms with Crippen molar-refractivity contribution in [3.63, 3.8) is 0 Å². The zero-order valence-electron chi connectivity index (χ0n) is 14.0. The average molecular weight is 424 g/mol. The van der Waals surface area contributed by atoms with E-state index < -0.39 is 0 Å². The molecule has 0 bridgehead atoms. The molecule has 124 valence electrons. The zero-order valence-corrected chi connectivity index (χ0v) is 16.3. The van der Waals surface area contributed by atoms with Crippen molar-refractivity contribution < 1.29 is 0 Å². The number of nitrogens with one attached hydrogen (secondary N) is 1. The van der Waals surface area contributed by atoms with Crippen molar-refractivity contribution in [2.45, 2.75) is 19.9 Å². The molecule has 1 aromatic heterocycles. The van der Waals surface area contributed by atoms with Crippen molar-refractivity contribution in [2.24, 2.45) is 4.99 Å². The van der Waals surface area contributed by atoms with E-state index in [-0.39, 0.29) is 24.0 Å². The molecule has 0 fully saturated rings. The highest BCUT2D eigenvalue weighted by atomic mass is 127. The van der Waals surface area contributed by atoms with E-state index in [9.17, 15) is 0 Å². The lowest BCUT2D eigenvalue weighted by Crippen LogP contribution is -2.39. The van der Waals surface area contributed by atoms with Crippen LogP contribution in [0, 0.1) is 6.92 Å². The van der Waals surface area contributed by atoms with Crippen LogP contribution in [0.4, 0.5) is 0 Å². The van der Waals surface area contributed by atoms with E-state index in [4.69, 9.17) is 0 Å². The second-order valence-electron chi connectivity index (χ2n) is 5.39. The van der Waals surface area contributed by atoms with Crippen molar-refractivity contribution in [3.8, 4) is 0 Å². The predicted octanol–water partition coefficient (Wildman–Crippen LogP) is 3.26. The molecular formula is C18H25IN4. The Labute approximate surface area is 156 Å². The third kappa shape index (κ3) is 6.56. The molecule has 0 spiro atoms. The molecule has 0 aliphatic carbocycles. The topological polar surface area (TPSA) is 40.5 Å². The summed E-state index contributed by atoms with van der Waals surface area (Å²) >= 11 is 0. The zero-order chi connectivity index (χ0) is 15.8. The van der Waals surface area contributed by atoms with Gasteiger partial charge in [0.05, 0.1) is 0 Å². The number of benzene rings is 1. The summed E-state index contributed by atoms with van der Waals surface area (Å²) in [4.78, 5) is 10.8. The molecule has 0 atom stereocenters. The SMILES string of the molecule is CN=C(NCCc1ccccn1)N(C)Cc1ccc(C)cc1.I. The maximum absolute atomic E-state index is 4.34. The number of guanidine groups is 1. The number of pyridine rings is 1. The van der Waals surface area contributed by atoms with Gasteiger partial charge >= 0.3 is 0 Å². The normalized spacial score (nSPS) is 10.8. The lowest BCUT2D eigenvalue weighted by Gasteiger charge is -2.22. The molecule has 0 aliphatic rings. The molecular weight excluding hydrogens is 399 g/mol. The van der Waals surface area contributed by atoms with E-state index in [1.807, 2.05) is 31.4 Å². The number of rotatable bonds is 5. The Hall–Kier alpha value is -1.63. The minimum Gasteiger partial charge on any atom is -0.356 e. The Morgan fingerprint density at radius 1 is 1.17 bits per heavy atom. The average Bonchev–Trinajstić information content (AvgIpc) is 2.54. The van der Waals surface area contributed by atoms with Crippen LogP contribution in [0.1, 0.15) is 16.8 Å². The van der Waals surface area contributed by atoms with Crippen LogP contribution >= 0.6 is 24.0 Å². The van der Waals surface area contributed by atoms with Crippen molar-refractivity contribution >= 4 is 29.9 Å².